The van der Waals surface area contributed by atoms with Gasteiger partial charge in [-0.15, -0.1) is 10.2 Å². The fourth-order valence-electron chi connectivity index (χ4n) is 2.71. The summed E-state index contributed by atoms with van der Waals surface area (Å²) in [5.41, 5.74) is 3.61. The fraction of sp³-hybridized carbons (Fsp3) is 0.294. The lowest BCUT2D eigenvalue weighted by atomic mass is 10.2. The van der Waals surface area contributed by atoms with Gasteiger partial charge in [0.25, 0.3) is 5.89 Å². The van der Waals surface area contributed by atoms with Crippen LogP contribution in [0, 0.1) is 27.7 Å². The standard InChI is InChI=1S/C17H20N4O3S/c1-10-5-7-14(8-6-10)9-18-25(22,23)16-12(3)19-11(2)15(16)17-21-20-13(4)24-17/h5-8,18-19H,9H2,1-4H3. The lowest BCUT2D eigenvalue weighted by Gasteiger charge is -2.08. The molecule has 25 heavy (non-hydrogen) atoms. The summed E-state index contributed by atoms with van der Waals surface area (Å²) in [4.78, 5) is 3.19. The second-order valence-corrected chi connectivity index (χ2v) is 7.72. The summed E-state index contributed by atoms with van der Waals surface area (Å²) in [7, 11) is -3.76. The molecule has 0 fully saturated rings. The van der Waals surface area contributed by atoms with Crippen LogP contribution in [0.15, 0.2) is 33.6 Å². The molecule has 0 amide bonds. The number of hydrogen-bond donors (Lipinski definition) is 2. The molecular formula is C17H20N4O3S. The van der Waals surface area contributed by atoms with E-state index in [1.807, 2.05) is 31.2 Å². The van der Waals surface area contributed by atoms with Crippen LogP contribution in [0.25, 0.3) is 11.5 Å². The third-order valence-electron chi connectivity index (χ3n) is 3.91. The van der Waals surface area contributed by atoms with Gasteiger partial charge in [-0.25, -0.2) is 13.1 Å². The van der Waals surface area contributed by atoms with Crippen LogP contribution < -0.4 is 4.72 Å². The first-order chi connectivity index (χ1) is 11.8. The topological polar surface area (TPSA) is 101 Å². The van der Waals surface area contributed by atoms with Crippen molar-refractivity contribution in [3.63, 3.8) is 0 Å². The molecule has 0 saturated heterocycles. The lowest BCUT2D eigenvalue weighted by Crippen LogP contribution is -2.24. The van der Waals surface area contributed by atoms with Gasteiger partial charge in [-0.2, -0.15) is 0 Å². The summed E-state index contributed by atoms with van der Waals surface area (Å²) < 4.78 is 33.9. The number of nitrogens with one attached hydrogen (secondary N) is 2. The summed E-state index contributed by atoms with van der Waals surface area (Å²) in [6, 6.07) is 7.69. The Labute approximate surface area is 146 Å². The Morgan fingerprint density at radius 1 is 1.04 bits per heavy atom. The van der Waals surface area contributed by atoms with E-state index in [2.05, 4.69) is 19.9 Å². The number of aromatic nitrogens is 3. The van der Waals surface area contributed by atoms with Crippen molar-refractivity contribution in [1.29, 1.82) is 0 Å². The third-order valence-corrected chi connectivity index (χ3v) is 5.49. The van der Waals surface area contributed by atoms with E-state index in [1.54, 1.807) is 20.8 Å². The number of aryl methyl sites for hydroxylation is 4. The number of benzene rings is 1. The molecule has 0 saturated carbocycles. The maximum Gasteiger partial charge on any atom is 0.250 e. The van der Waals surface area contributed by atoms with E-state index in [0.29, 0.717) is 22.8 Å². The van der Waals surface area contributed by atoms with E-state index in [0.717, 1.165) is 11.1 Å². The van der Waals surface area contributed by atoms with Gasteiger partial charge in [0.15, 0.2) is 0 Å². The Morgan fingerprint density at radius 2 is 1.72 bits per heavy atom. The molecule has 3 aromatic rings. The summed E-state index contributed by atoms with van der Waals surface area (Å²) in [5, 5.41) is 7.76. The van der Waals surface area contributed by atoms with E-state index in [4.69, 9.17) is 4.42 Å². The van der Waals surface area contributed by atoms with Crippen LogP contribution in [-0.4, -0.2) is 23.6 Å². The molecule has 3 rings (SSSR count). The Hall–Kier alpha value is -2.45. The SMILES string of the molecule is Cc1ccc(CNS(=O)(=O)c2c(C)[nH]c(C)c2-c2nnc(C)o2)cc1. The first kappa shape index (κ1) is 17.4. The Balaban J connectivity index is 1.95. The highest BCUT2D eigenvalue weighted by Crippen LogP contribution is 2.32. The van der Waals surface area contributed by atoms with Gasteiger partial charge >= 0.3 is 0 Å². The molecule has 2 heterocycles. The summed E-state index contributed by atoms with van der Waals surface area (Å²) in [5.74, 6) is 0.569. The summed E-state index contributed by atoms with van der Waals surface area (Å²) in [6.45, 7) is 7.34. The molecule has 2 N–H and O–H groups in total. The van der Waals surface area contributed by atoms with Crippen LogP contribution in [0.1, 0.15) is 28.4 Å². The van der Waals surface area contributed by atoms with Gasteiger partial charge in [-0.1, -0.05) is 29.8 Å². The molecule has 0 bridgehead atoms. The molecule has 0 aliphatic rings. The molecule has 8 heteroatoms. The predicted octanol–water partition coefficient (Wildman–Crippen LogP) is 2.78. The second-order valence-electron chi connectivity index (χ2n) is 6.02. The minimum Gasteiger partial charge on any atom is -0.421 e. The quantitative estimate of drug-likeness (QED) is 0.728. The van der Waals surface area contributed by atoms with Crippen molar-refractivity contribution in [3.8, 4) is 11.5 Å². The second kappa shape index (κ2) is 6.45. The molecule has 0 radical (unpaired) electrons. The highest BCUT2D eigenvalue weighted by molar-refractivity contribution is 7.89. The number of hydrogen-bond acceptors (Lipinski definition) is 5. The first-order valence-electron chi connectivity index (χ1n) is 7.83. The summed E-state index contributed by atoms with van der Waals surface area (Å²) >= 11 is 0. The van der Waals surface area contributed by atoms with Gasteiger partial charge in [0.1, 0.15) is 4.90 Å². The number of H-pyrrole nitrogens is 1. The van der Waals surface area contributed by atoms with E-state index >= 15 is 0 Å². The first-order valence-corrected chi connectivity index (χ1v) is 9.31. The van der Waals surface area contributed by atoms with E-state index in [1.165, 1.54) is 0 Å². The molecule has 7 nitrogen and oxygen atoms in total. The van der Waals surface area contributed by atoms with Crippen molar-refractivity contribution >= 4 is 10.0 Å². The zero-order valence-corrected chi connectivity index (χ0v) is 15.4. The normalized spacial score (nSPS) is 11.8. The van der Waals surface area contributed by atoms with Gasteiger partial charge in [0.2, 0.25) is 15.9 Å². The largest absolute Gasteiger partial charge is 0.421 e. The molecule has 0 aliphatic carbocycles. The highest BCUT2D eigenvalue weighted by atomic mass is 32.2. The smallest absolute Gasteiger partial charge is 0.250 e. The van der Waals surface area contributed by atoms with Crippen LogP contribution in [0.4, 0.5) is 0 Å². The average Bonchev–Trinajstić information content (AvgIpc) is 3.09. The van der Waals surface area contributed by atoms with Crippen molar-refractivity contribution in [3.05, 3.63) is 52.7 Å². The van der Waals surface area contributed by atoms with Gasteiger partial charge < -0.3 is 9.40 Å². The number of sulfonamides is 1. The minimum absolute atomic E-state index is 0.140. The predicted molar refractivity (Wildman–Crippen MR) is 93.5 cm³/mol. The van der Waals surface area contributed by atoms with Gasteiger partial charge in [-0.3, -0.25) is 0 Å². The number of rotatable bonds is 5. The van der Waals surface area contributed by atoms with Crippen LogP contribution in [0.5, 0.6) is 0 Å². The number of aromatic amines is 1. The fourth-order valence-corrected chi connectivity index (χ4v) is 4.17. The van der Waals surface area contributed by atoms with E-state index in [9.17, 15) is 8.42 Å². The van der Waals surface area contributed by atoms with Crippen LogP contribution in [-0.2, 0) is 16.6 Å². The highest BCUT2D eigenvalue weighted by Gasteiger charge is 2.28. The van der Waals surface area contributed by atoms with E-state index < -0.39 is 10.0 Å². The van der Waals surface area contributed by atoms with E-state index in [-0.39, 0.29) is 17.3 Å². The van der Waals surface area contributed by atoms with Crippen molar-refractivity contribution in [2.75, 3.05) is 0 Å². The van der Waals surface area contributed by atoms with Gasteiger partial charge in [0, 0.05) is 24.9 Å². The Bertz CT molecular complexity index is 1000. The molecule has 1 aromatic carbocycles. The molecule has 2 aromatic heterocycles. The van der Waals surface area contributed by atoms with Crippen molar-refractivity contribution in [1.82, 2.24) is 19.9 Å². The van der Waals surface area contributed by atoms with Crippen LogP contribution in [0.2, 0.25) is 0 Å². The van der Waals surface area contributed by atoms with Crippen molar-refractivity contribution < 1.29 is 12.8 Å². The monoisotopic (exact) mass is 360 g/mol. The van der Waals surface area contributed by atoms with Crippen LogP contribution in [0.3, 0.4) is 0 Å². The molecule has 0 atom stereocenters. The zero-order valence-electron chi connectivity index (χ0n) is 14.5. The maximum atomic E-state index is 12.9. The molecule has 0 spiro atoms. The summed E-state index contributed by atoms with van der Waals surface area (Å²) in [6.07, 6.45) is 0. The molecule has 132 valence electrons. The minimum atomic E-state index is -3.76. The Kier molecular flexibility index (Phi) is 4.49. The van der Waals surface area contributed by atoms with Crippen LogP contribution >= 0.6 is 0 Å². The molecular weight excluding hydrogens is 340 g/mol. The average molecular weight is 360 g/mol. The maximum absolute atomic E-state index is 12.9. The van der Waals surface area contributed by atoms with Gasteiger partial charge in [-0.05, 0) is 26.3 Å². The molecule has 0 unspecified atom stereocenters. The molecule has 0 aliphatic heterocycles. The third kappa shape index (κ3) is 3.49. The van der Waals surface area contributed by atoms with Crippen molar-refractivity contribution in [2.24, 2.45) is 0 Å². The zero-order chi connectivity index (χ0) is 18.2. The number of nitrogens with zero attached hydrogens (tertiary/aromatic N) is 2. The lowest BCUT2D eigenvalue weighted by molar-refractivity contribution is 0.530. The van der Waals surface area contributed by atoms with Gasteiger partial charge in [0.05, 0.1) is 5.56 Å². The Morgan fingerprint density at radius 3 is 2.32 bits per heavy atom. The van der Waals surface area contributed by atoms with Crippen molar-refractivity contribution in [2.45, 2.75) is 39.1 Å².